The Labute approximate surface area is 87.8 Å². The van der Waals surface area contributed by atoms with Crippen molar-refractivity contribution in [2.75, 3.05) is 0 Å². The van der Waals surface area contributed by atoms with Gasteiger partial charge in [0.15, 0.2) is 0 Å². The molecule has 1 aliphatic rings. The monoisotopic (exact) mass is 248 g/mol. The number of hydrogen-bond acceptors (Lipinski definition) is 0. The maximum absolute atomic E-state index is 5.77. The second-order valence-corrected chi connectivity index (χ2v) is 5.15. The third-order valence-electron chi connectivity index (χ3n) is 2.61. The molecule has 0 N–H and O–H groups in total. The van der Waals surface area contributed by atoms with Crippen LogP contribution in [0.25, 0.3) is 0 Å². The summed E-state index contributed by atoms with van der Waals surface area (Å²) in [6.45, 7) is 4.49. The van der Waals surface area contributed by atoms with E-state index in [1.165, 1.54) is 30.4 Å². The molecular formula is C10H14BrCl. The van der Waals surface area contributed by atoms with Crippen molar-refractivity contribution in [3.8, 4) is 0 Å². The number of rotatable bonds is 1. The Hall–Kier alpha value is 0.250. The van der Waals surface area contributed by atoms with E-state index in [2.05, 4.69) is 29.8 Å². The SMILES string of the molecule is CC1=C(C=C(Cl)Br)CCCC1C. The predicted octanol–water partition coefficient (Wildman–Crippen LogP) is 4.60. The zero-order chi connectivity index (χ0) is 9.14. The summed E-state index contributed by atoms with van der Waals surface area (Å²) >= 11 is 9.02. The van der Waals surface area contributed by atoms with E-state index in [0.717, 1.165) is 5.92 Å². The molecule has 1 atom stereocenters. The van der Waals surface area contributed by atoms with E-state index >= 15 is 0 Å². The fourth-order valence-electron chi connectivity index (χ4n) is 1.65. The second kappa shape index (κ2) is 4.48. The average Bonchev–Trinajstić information content (AvgIpc) is 1.98. The van der Waals surface area contributed by atoms with Gasteiger partial charge in [0.05, 0.1) is 3.94 Å². The molecular weight excluding hydrogens is 235 g/mol. The molecule has 12 heavy (non-hydrogen) atoms. The van der Waals surface area contributed by atoms with Crippen LogP contribution in [0.4, 0.5) is 0 Å². The van der Waals surface area contributed by atoms with Gasteiger partial charge in [0, 0.05) is 0 Å². The molecule has 0 nitrogen and oxygen atoms in total. The molecule has 0 aromatic carbocycles. The second-order valence-electron chi connectivity index (χ2n) is 3.44. The Bertz CT molecular complexity index is 224. The number of halogens is 2. The lowest BCUT2D eigenvalue weighted by atomic mass is 9.85. The van der Waals surface area contributed by atoms with Crippen molar-refractivity contribution in [2.45, 2.75) is 33.1 Å². The van der Waals surface area contributed by atoms with Crippen molar-refractivity contribution < 1.29 is 0 Å². The van der Waals surface area contributed by atoms with Gasteiger partial charge in [-0.3, -0.25) is 0 Å². The van der Waals surface area contributed by atoms with Gasteiger partial charge in [-0.15, -0.1) is 0 Å². The summed E-state index contributed by atoms with van der Waals surface area (Å²) in [7, 11) is 0. The molecule has 0 bridgehead atoms. The molecule has 1 aliphatic carbocycles. The van der Waals surface area contributed by atoms with Gasteiger partial charge in [-0.1, -0.05) is 24.1 Å². The summed E-state index contributed by atoms with van der Waals surface area (Å²) in [5, 5.41) is 0. The highest BCUT2D eigenvalue weighted by molar-refractivity contribution is 9.12. The molecule has 0 heterocycles. The van der Waals surface area contributed by atoms with E-state index in [0.29, 0.717) is 3.94 Å². The first-order valence-corrected chi connectivity index (χ1v) is 5.50. The Morgan fingerprint density at radius 2 is 2.33 bits per heavy atom. The van der Waals surface area contributed by atoms with Gasteiger partial charge in [-0.25, -0.2) is 0 Å². The molecule has 0 amide bonds. The molecule has 2 heteroatoms. The van der Waals surface area contributed by atoms with E-state index in [9.17, 15) is 0 Å². The van der Waals surface area contributed by atoms with Crippen molar-refractivity contribution >= 4 is 27.5 Å². The summed E-state index contributed by atoms with van der Waals surface area (Å²) in [6.07, 6.45) is 5.83. The summed E-state index contributed by atoms with van der Waals surface area (Å²) in [5.74, 6) is 0.730. The predicted molar refractivity (Wildman–Crippen MR) is 58.6 cm³/mol. The topological polar surface area (TPSA) is 0 Å². The zero-order valence-corrected chi connectivity index (χ0v) is 9.87. The Morgan fingerprint density at radius 1 is 1.67 bits per heavy atom. The molecule has 0 aromatic heterocycles. The van der Waals surface area contributed by atoms with Crippen LogP contribution in [-0.2, 0) is 0 Å². The average molecular weight is 250 g/mol. The Kier molecular flexibility index (Phi) is 3.85. The lowest BCUT2D eigenvalue weighted by molar-refractivity contribution is 0.541. The van der Waals surface area contributed by atoms with Crippen LogP contribution in [0.15, 0.2) is 21.2 Å². The molecule has 0 saturated heterocycles. The van der Waals surface area contributed by atoms with Gasteiger partial charge >= 0.3 is 0 Å². The van der Waals surface area contributed by atoms with Crippen LogP contribution in [0.3, 0.4) is 0 Å². The Balaban J connectivity index is 2.86. The lowest BCUT2D eigenvalue weighted by Gasteiger charge is -2.21. The van der Waals surface area contributed by atoms with E-state index in [1.807, 2.05) is 6.08 Å². The first-order chi connectivity index (χ1) is 5.61. The normalized spacial score (nSPS) is 26.3. The Morgan fingerprint density at radius 3 is 2.92 bits per heavy atom. The minimum absolute atomic E-state index is 0.714. The van der Waals surface area contributed by atoms with Gasteiger partial charge in [0.1, 0.15) is 0 Å². The van der Waals surface area contributed by atoms with Crippen LogP contribution in [0.1, 0.15) is 33.1 Å². The van der Waals surface area contributed by atoms with Crippen LogP contribution in [0.5, 0.6) is 0 Å². The summed E-state index contributed by atoms with van der Waals surface area (Å²) in [4.78, 5) is 0. The summed E-state index contributed by atoms with van der Waals surface area (Å²) in [6, 6.07) is 0. The third-order valence-corrected chi connectivity index (χ3v) is 2.95. The maximum Gasteiger partial charge on any atom is 0.0836 e. The zero-order valence-electron chi connectivity index (χ0n) is 7.53. The van der Waals surface area contributed by atoms with Crippen molar-refractivity contribution in [1.82, 2.24) is 0 Å². The summed E-state index contributed by atoms with van der Waals surface area (Å²) < 4.78 is 0.714. The summed E-state index contributed by atoms with van der Waals surface area (Å²) in [5.41, 5.74) is 2.91. The quantitative estimate of drug-likeness (QED) is 0.637. The van der Waals surface area contributed by atoms with Crippen LogP contribution in [0, 0.1) is 5.92 Å². The van der Waals surface area contributed by atoms with E-state index < -0.39 is 0 Å². The molecule has 1 unspecified atom stereocenters. The highest BCUT2D eigenvalue weighted by Gasteiger charge is 2.14. The van der Waals surface area contributed by atoms with E-state index in [-0.39, 0.29) is 0 Å². The highest BCUT2D eigenvalue weighted by Crippen LogP contribution is 2.31. The third kappa shape index (κ3) is 2.63. The van der Waals surface area contributed by atoms with Crippen LogP contribution in [-0.4, -0.2) is 0 Å². The van der Waals surface area contributed by atoms with Crippen LogP contribution < -0.4 is 0 Å². The van der Waals surface area contributed by atoms with Crippen LogP contribution >= 0.6 is 27.5 Å². The van der Waals surface area contributed by atoms with Gasteiger partial charge in [-0.05, 0) is 59.7 Å². The maximum atomic E-state index is 5.77. The molecule has 0 spiro atoms. The highest BCUT2D eigenvalue weighted by atomic mass is 79.9. The fourth-order valence-corrected chi connectivity index (χ4v) is 2.05. The first-order valence-electron chi connectivity index (χ1n) is 4.33. The molecule has 0 fully saturated rings. The van der Waals surface area contributed by atoms with Gasteiger partial charge in [-0.2, -0.15) is 0 Å². The van der Waals surface area contributed by atoms with E-state index in [4.69, 9.17) is 11.6 Å². The smallest absolute Gasteiger partial charge is 0.0761 e. The molecule has 0 saturated carbocycles. The van der Waals surface area contributed by atoms with E-state index in [1.54, 1.807) is 0 Å². The van der Waals surface area contributed by atoms with Crippen molar-refractivity contribution in [1.29, 1.82) is 0 Å². The molecule has 0 aliphatic heterocycles. The van der Waals surface area contributed by atoms with Crippen LogP contribution in [0.2, 0.25) is 0 Å². The minimum Gasteiger partial charge on any atom is -0.0761 e. The number of allylic oxidation sites excluding steroid dienone is 3. The van der Waals surface area contributed by atoms with Gasteiger partial charge in [0.25, 0.3) is 0 Å². The molecule has 68 valence electrons. The molecule has 0 radical (unpaired) electrons. The first kappa shape index (κ1) is 10.3. The van der Waals surface area contributed by atoms with Crippen molar-refractivity contribution in [3.63, 3.8) is 0 Å². The van der Waals surface area contributed by atoms with Gasteiger partial charge < -0.3 is 0 Å². The molecule has 1 rings (SSSR count). The van der Waals surface area contributed by atoms with Gasteiger partial charge in [0.2, 0.25) is 0 Å². The lowest BCUT2D eigenvalue weighted by Crippen LogP contribution is -2.05. The minimum atomic E-state index is 0.714. The van der Waals surface area contributed by atoms with Crippen molar-refractivity contribution in [2.24, 2.45) is 5.92 Å². The fraction of sp³-hybridized carbons (Fsp3) is 0.600. The largest absolute Gasteiger partial charge is 0.0836 e. The number of hydrogen-bond donors (Lipinski definition) is 0. The molecule has 0 aromatic rings. The van der Waals surface area contributed by atoms with Crippen molar-refractivity contribution in [3.05, 3.63) is 21.2 Å². The standard InChI is InChI=1S/C10H14BrCl/c1-7-4-3-5-9(8(7)2)6-10(11)12/h6-7H,3-5H2,1-2H3.